The van der Waals surface area contributed by atoms with Crippen LogP contribution in [0.15, 0.2) is 89.8 Å². The first kappa shape index (κ1) is 23.6. The topological polar surface area (TPSA) is 95.6 Å². The second-order valence-corrected chi connectivity index (χ2v) is 8.89. The summed E-state index contributed by atoms with van der Waals surface area (Å²) in [5, 5.41) is 4.90. The zero-order valence-electron chi connectivity index (χ0n) is 17.8. The average molecular weight is 462 g/mol. The molecule has 0 bridgehead atoms. The van der Waals surface area contributed by atoms with Crippen LogP contribution in [0.1, 0.15) is 15.9 Å². The van der Waals surface area contributed by atoms with Gasteiger partial charge in [-0.1, -0.05) is 60.5 Å². The molecule has 2 N–H and O–H groups in total. The molecule has 0 aromatic heterocycles. The van der Waals surface area contributed by atoms with E-state index in [0.717, 1.165) is 5.56 Å². The van der Waals surface area contributed by atoms with Gasteiger partial charge in [-0.2, -0.15) is 0 Å². The average Bonchev–Trinajstić information content (AvgIpc) is 2.85. The minimum atomic E-state index is -4.00. The van der Waals surface area contributed by atoms with Crippen molar-refractivity contribution in [3.8, 4) is 12.3 Å². The monoisotopic (exact) mass is 461 g/mol. The highest BCUT2D eigenvalue weighted by Crippen LogP contribution is 2.26. The molecule has 0 unspecified atom stereocenters. The number of anilines is 1. The number of benzene rings is 3. The summed E-state index contributed by atoms with van der Waals surface area (Å²) < 4.78 is 28.5. The number of para-hydroxylation sites is 1. The summed E-state index contributed by atoms with van der Waals surface area (Å²) >= 11 is 0. The van der Waals surface area contributed by atoms with E-state index in [9.17, 15) is 18.0 Å². The van der Waals surface area contributed by atoms with Crippen molar-refractivity contribution in [1.82, 2.24) is 10.6 Å². The highest BCUT2D eigenvalue weighted by Gasteiger charge is 2.26. The molecule has 0 saturated carbocycles. The van der Waals surface area contributed by atoms with Crippen molar-refractivity contribution in [2.45, 2.75) is 11.4 Å². The second kappa shape index (κ2) is 11.0. The van der Waals surface area contributed by atoms with Crippen LogP contribution in [0.2, 0.25) is 0 Å². The molecular formula is C25H23N3O4S. The summed E-state index contributed by atoms with van der Waals surface area (Å²) in [4.78, 5) is 24.1. The molecule has 0 saturated heterocycles. The van der Waals surface area contributed by atoms with Crippen molar-refractivity contribution in [2.24, 2.45) is 0 Å². The molecule has 0 aliphatic heterocycles. The fourth-order valence-corrected chi connectivity index (χ4v) is 4.56. The summed E-state index contributed by atoms with van der Waals surface area (Å²) in [6, 6.07) is 23.7. The molecule has 0 spiro atoms. The van der Waals surface area contributed by atoms with E-state index in [4.69, 9.17) is 6.42 Å². The number of nitrogens with zero attached hydrogens (tertiary/aromatic N) is 1. The highest BCUT2D eigenvalue weighted by atomic mass is 32.2. The van der Waals surface area contributed by atoms with Crippen molar-refractivity contribution in [3.05, 3.63) is 96.1 Å². The fraction of sp³-hybridized carbons (Fsp3) is 0.120. The molecule has 7 nitrogen and oxygen atoms in total. The van der Waals surface area contributed by atoms with Gasteiger partial charge >= 0.3 is 0 Å². The minimum Gasteiger partial charge on any atom is -0.344 e. The Labute approximate surface area is 193 Å². The highest BCUT2D eigenvalue weighted by molar-refractivity contribution is 7.92. The summed E-state index contributed by atoms with van der Waals surface area (Å²) in [7, 11) is -4.00. The molecule has 168 valence electrons. The Bertz CT molecular complexity index is 1250. The van der Waals surface area contributed by atoms with Gasteiger partial charge in [0, 0.05) is 5.56 Å². The van der Waals surface area contributed by atoms with Crippen LogP contribution in [0.4, 0.5) is 5.69 Å². The molecule has 8 heteroatoms. The van der Waals surface area contributed by atoms with Crippen LogP contribution in [-0.4, -0.2) is 33.3 Å². The standard InChI is InChI=1S/C25H23N3O4S/c1-2-16-26-24(29)18-27-25(30)21-12-9-15-23(17-21)33(31,32)28(22-13-7-4-8-14-22)19-20-10-5-3-6-11-20/h1,3-15,17H,16,18-19H2,(H,26,29)(H,27,30). The predicted octanol–water partition coefficient (Wildman–Crippen LogP) is 2.56. The summed E-state index contributed by atoms with van der Waals surface area (Å²) in [6.45, 7) is -0.0975. The lowest BCUT2D eigenvalue weighted by molar-refractivity contribution is -0.119. The van der Waals surface area contributed by atoms with Crippen LogP contribution in [0, 0.1) is 12.3 Å². The normalized spacial score (nSPS) is 10.6. The first-order valence-corrected chi connectivity index (χ1v) is 11.6. The van der Waals surface area contributed by atoms with Gasteiger partial charge in [-0.3, -0.25) is 13.9 Å². The number of hydrogen-bond donors (Lipinski definition) is 2. The molecule has 0 aliphatic carbocycles. The van der Waals surface area contributed by atoms with Crippen LogP contribution in [0.5, 0.6) is 0 Å². The van der Waals surface area contributed by atoms with E-state index in [-0.39, 0.29) is 30.1 Å². The minimum absolute atomic E-state index is 0.0354. The quantitative estimate of drug-likeness (QED) is 0.479. The number of amides is 2. The van der Waals surface area contributed by atoms with Gasteiger partial charge in [-0.25, -0.2) is 8.42 Å². The molecule has 3 rings (SSSR count). The zero-order chi connectivity index (χ0) is 23.7. The Balaban J connectivity index is 1.87. The SMILES string of the molecule is C#CCNC(=O)CNC(=O)c1cccc(S(=O)(=O)N(Cc2ccccc2)c2ccccc2)c1. The van der Waals surface area contributed by atoms with Gasteiger partial charge in [0.2, 0.25) is 5.91 Å². The first-order valence-electron chi connectivity index (χ1n) is 10.1. The lowest BCUT2D eigenvalue weighted by Gasteiger charge is -2.25. The zero-order valence-corrected chi connectivity index (χ0v) is 18.6. The number of carbonyl (C=O) groups excluding carboxylic acids is 2. The van der Waals surface area contributed by atoms with Crippen LogP contribution in [0.3, 0.4) is 0 Å². The van der Waals surface area contributed by atoms with Gasteiger partial charge in [0.15, 0.2) is 0 Å². The summed E-state index contributed by atoms with van der Waals surface area (Å²) in [5.41, 5.74) is 1.44. The summed E-state index contributed by atoms with van der Waals surface area (Å²) in [5.74, 6) is 1.25. The number of nitrogens with one attached hydrogen (secondary N) is 2. The molecule has 0 atom stereocenters. The fourth-order valence-electron chi connectivity index (χ4n) is 3.06. The van der Waals surface area contributed by atoms with Crippen molar-refractivity contribution in [3.63, 3.8) is 0 Å². The van der Waals surface area contributed by atoms with E-state index in [1.54, 1.807) is 24.3 Å². The number of carbonyl (C=O) groups is 2. The Morgan fingerprint density at radius 3 is 2.21 bits per heavy atom. The lowest BCUT2D eigenvalue weighted by Crippen LogP contribution is -2.37. The molecule has 0 radical (unpaired) electrons. The maximum Gasteiger partial charge on any atom is 0.264 e. The summed E-state index contributed by atoms with van der Waals surface area (Å²) in [6.07, 6.45) is 5.08. The van der Waals surface area contributed by atoms with Gasteiger partial charge in [0.25, 0.3) is 15.9 Å². The van der Waals surface area contributed by atoms with Crippen molar-refractivity contribution in [1.29, 1.82) is 0 Å². The number of hydrogen-bond acceptors (Lipinski definition) is 4. The number of rotatable bonds is 9. The molecule has 3 aromatic carbocycles. The third kappa shape index (κ3) is 6.21. The maximum atomic E-state index is 13.6. The molecule has 0 fully saturated rings. The number of terminal acetylenes is 1. The van der Waals surface area contributed by atoms with E-state index in [2.05, 4.69) is 16.6 Å². The van der Waals surface area contributed by atoms with E-state index in [0.29, 0.717) is 5.69 Å². The predicted molar refractivity (Wildman–Crippen MR) is 127 cm³/mol. The van der Waals surface area contributed by atoms with Crippen molar-refractivity contribution in [2.75, 3.05) is 17.4 Å². The smallest absolute Gasteiger partial charge is 0.264 e. The molecule has 3 aromatic rings. The van der Waals surface area contributed by atoms with E-state index < -0.39 is 21.8 Å². The molecule has 2 amide bonds. The first-order chi connectivity index (χ1) is 15.9. The van der Waals surface area contributed by atoms with Crippen LogP contribution in [-0.2, 0) is 21.4 Å². The van der Waals surface area contributed by atoms with Crippen LogP contribution >= 0.6 is 0 Å². The maximum absolute atomic E-state index is 13.6. The Morgan fingerprint density at radius 1 is 0.879 bits per heavy atom. The largest absolute Gasteiger partial charge is 0.344 e. The Kier molecular flexibility index (Phi) is 7.84. The van der Waals surface area contributed by atoms with E-state index in [1.165, 1.54) is 28.6 Å². The Hall–Kier alpha value is -4.09. The van der Waals surface area contributed by atoms with Gasteiger partial charge < -0.3 is 10.6 Å². The van der Waals surface area contributed by atoms with E-state index >= 15 is 0 Å². The van der Waals surface area contributed by atoms with Gasteiger partial charge in [0.1, 0.15) is 0 Å². The second-order valence-electron chi connectivity index (χ2n) is 7.02. The van der Waals surface area contributed by atoms with Crippen molar-refractivity contribution >= 4 is 27.5 Å². The third-order valence-corrected chi connectivity index (χ3v) is 6.46. The molecule has 0 aliphatic rings. The van der Waals surface area contributed by atoms with Gasteiger partial charge in [0.05, 0.1) is 30.2 Å². The van der Waals surface area contributed by atoms with Crippen molar-refractivity contribution < 1.29 is 18.0 Å². The van der Waals surface area contributed by atoms with E-state index in [1.807, 2.05) is 36.4 Å². The molecule has 33 heavy (non-hydrogen) atoms. The van der Waals surface area contributed by atoms with Gasteiger partial charge in [-0.05, 0) is 35.9 Å². The molecule has 0 heterocycles. The van der Waals surface area contributed by atoms with Gasteiger partial charge in [-0.15, -0.1) is 6.42 Å². The van der Waals surface area contributed by atoms with Crippen LogP contribution in [0.25, 0.3) is 0 Å². The third-order valence-electron chi connectivity index (χ3n) is 4.69. The number of sulfonamides is 1. The Morgan fingerprint density at radius 2 is 1.55 bits per heavy atom. The van der Waals surface area contributed by atoms with Crippen LogP contribution < -0.4 is 14.9 Å². The lowest BCUT2D eigenvalue weighted by atomic mass is 10.2. The molecular weight excluding hydrogens is 438 g/mol.